The summed E-state index contributed by atoms with van der Waals surface area (Å²) in [7, 11) is 0. The number of amides is 1. The summed E-state index contributed by atoms with van der Waals surface area (Å²) in [6.07, 6.45) is 0.683. The van der Waals surface area contributed by atoms with Crippen molar-refractivity contribution in [3.05, 3.63) is 28.7 Å². The van der Waals surface area contributed by atoms with Gasteiger partial charge in [0.05, 0.1) is 5.69 Å². The Labute approximate surface area is 128 Å². The van der Waals surface area contributed by atoms with Crippen LogP contribution >= 0.6 is 0 Å². The summed E-state index contributed by atoms with van der Waals surface area (Å²) < 4.78 is 1.63. The zero-order chi connectivity index (χ0) is 16.4. The van der Waals surface area contributed by atoms with Gasteiger partial charge in [0.15, 0.2) is 5.65 Å². The number of carbonyl (C=O) groups is 2. The van der Waals surface area contributed by atoms with Crippen molar-refractivity contribution < 1.29 is 14.7 Å². The fraction of sp³-hybridized carbons (Fsp3) is 0.467. The maximum atomic E-state index is 12.8. The molecule has 0 atom stereocenters. The second kappa shape index (κ2) is 6.13. The highest BCUT2D eigenvalue weighted by molar-refractivity contribution is 6.02. The second-order valence-electron chi connectivity index (χ2n) is 5.36. The van der Waals surface area contributed by atoms with Crippen LogP contribution in [-0.4, -0.2) is 49.6 Å². The first-order valence-corrected chi connectivity index (χ1v) is 7.19. The molecule has 0 spiro atoms. The van der Waals surface area contributed by atoms with E-state index >= 15 is 0 Å². The molecule has 0 aliphatic rings. The standard InChI is InChI=1S/C15H20N4O3/c1-5-6-18(8-12(20)21)15(22)13-11(4)17-19-10(3)7-9(2)16-14(13)19/h7H,5-6,8H2,1-4H3,(H,20,21). The smallest absolute Gasteiger partial charge is 0.323 e. The molecular weight excluding hydrogens is 284 g/mol. The van der Waals surface area contributed by atoms with Gasteiger partial charge in [0.1, 0.15) is 12.1 Å². The van der Waals surface area contributed by atoms with Gasteiger partial charge in [0.2, 0.25) is 0 Å². The van der Waals surface area contributed by atoms with E-state index in [1.807, 2.05) is 26.8 Å². The van der Waals surface area contributed by atoms with Crippen LogP contribution in [0.5, 0.6) is 0 Å². The number of hydrogen-bond donors (Lipinski definition) is 1. The van der Waals surface area contributed by atoms with Crippen molar-refractivity contribution in [1.82, 2.24) is 19.5 Å². The van der Waals surface area contributed by atoms with Gasteiger partial charge in [-0.25, -0.2) is 9.50 Å². The van der Waals surface area contributed by atoms with E-state index < -0.39 is 5.97 Å². The summed E-state index contributed by atoms with van der Waals surface area (Å²) in [5.41, 5.74) is 3.08. The van der Waals surface area contributed by atoms with Crippen molar-refractivity contribution in [2.24, 2.45) is 0 Å². The van der Waals surface area contributed by atoms with Gasteiger partial charge < -0.3 is 10.0 Å². The third kappa shape index (κ3) is 2.93. The van der Waals surface area contributed by atoms with Gasteiger partial charge in [0.25, 0.3) is 5.91 Å². The molecule has 0 unspecified atom stereocenters. The van der Waals surface area contributed by atoms with Crippen molar-refractivity contribution in [2.75, 3.05) is 13.1 Å². The minimum atomic E-state index is -1.03. The van der Waals surface area contributed by atoms with E-state index in [0.29, 0.717) is 29.9 Å². The molecule has 0 saturated heterocycles. The van der Waals surface area contributed by atoms with Crippen LogP contribution in [0.1, 0.15) is 40.8 Å². The number of carboxylic acids is 1. The van der Waals surface area contributed by atoms with Crippen LogP contribution in [0.3, 0.4) is 0 Å². The molecule has 22 heavy (non-hydrogen) atoms. The number of aliphatic carboxylic acids is 1. The zero-order valence-corrected chi connectivity index (χ0v) is 13.3. The van der Waals surface area contributed by atoms with Gasteiger partial charge in [0, 0.05) is 17.9 Å². The average molecular weight is 304 g/mol. The number of nitrogens with zero attached hydrogens (tertiary/aromatic N) is 4. The topological polar surface area (TPSA) is 87.8 Å². The lowest BCUT2D eigenvalue weighted by Gasteiger charge is -2.19. The predicted octanol–water partition coefficient (Wildman–Crippen LogP) is 1.59. The highest BCUT2D eigenvalue weighted by atomic mass is 16.4. The molecule has 0 aromatic carbocycles. The molecule has 1 amide bonds. The van der Waals surface area contributed by atoms with Crippen LogP contribution in [-0.2, 0) is 4.79 Å². The molecule has 0 aliphatic carbocycles. The lowest BCUT2D eigenvalue weighted by atomic mass is 10.2. The van der Waals surface area contributed by atoms with E-state index in [-0.39, 0.29) is 12.5 Å². The summed E-state index contributed by atoms with van der Waals surface area (Å²) in [5, 5.41) is 13.4. The van der Waals surface area contributed by atoms with Crippen LogP contribution in [0.15, 0.2) is 6.07 Å². The fourth-order valence-corrected chi connectivity index (χ4v) is 2.52. The van der Waals surface area contributed by atoms with Crippen LogP contribution in [0, 0.1) is 20.8 Å². The van der Waals surface area contributed by atoms with E-state index in [4.69, 9.17) is 5.11 Å². The number of aromatic nitrogens is 3. The first kappa shape index (κ1) is 15.9. The Hall–Kier alpha value is -2.44. The van der Waals surface area contributed by atoms with Gasteiger partial charge in [-0.1, -0.05) is 6.92 Å². The first-order chi connectivity index (χ1) is 10.3. The molecule has 7 heteroatoms. The largest absolute Gasteiger partial charge is 0.480 e. The number of carboxylic acid groups (broad SMARTS) is 1. The number of fused-ring (bicyclic) bond motifs is 1. The van der Waals surface area contributed by atoms with Crippen LogP contribution in [0.25, 0.3) is 5.65 Å². The predicted molar refractivity (Wildman–Crippen MR) is 81.0 cm³/mol. The summed E-state index contributed by atoms with van der Waals surface area (Å²) in [6.45, 7) is 7.44. The van der Waals surface area contributed by atoms with Gasteiger partial charge in [-0.15, -0.1) is 0 Å². The molecule has 2 aromatic rings. The van der Waals surface area contributed by atoms with Crippen LogP contribution in [0.2, 0.25) is 0 Å². The SMILES string of the molecule is CCCN(CC(=O)O)C(=O)c1c(C)nn2c(C)cc(C)nc12. The molecule has 0 fully saturated rings. The summed E-state index contributed by atoms with van der Waals surface area (Å²) in [6, 6.07) is 1.88. The van der Waals surface area contributed by atoms with E-state index in [1.165, 1.54) is 4.90 Å². The van der Waals surface area contributed by atoms with Crippen molar-refractivity contribution in [3.63, 3.8) is 0 Å². The molecular formula is C15H20N4O3. The highest BCUT2D eigenvalue weighted by Crippen LogP contribution is 2.18. The summed E-state index contributed by atoms with van der Waals surface area (Å²) in [5.74, 6) is -1.37. The van der Waals surface area contributed by atoms with Gasteiger partial charge >= 0.3 is 5.97 Å². The Morgan fingerprint density at radius 1 is 1.32 bits per heavy atom. The number of aryl methyl sites for hydroxylation is 3. The van der Waals surface area contributed by atoms with E-state index in [1.54, 1.807) is 11.4 Å². The Morgan fingerprint density at radius 2 is 2.00 bits per heavy atom. The molecule has 2 rings (SSSR count). The van der Waals surface area contributed by atoms with E-state index in [0.717, 1.165) is 11.4 Å². The molecule has 0 bridgehead atoms. The fourth-order valence-electron chi connectivity index (χ4n) is 2.52. The number of rotatable bonds is 5. The summed E-state index contributed by atoms with van der Waals surface area (Å²) >= 11 is 0. The maximum Gasteiger partial charge on any atom is 0.323 e. The van der Waals surface area contributed by atoms with Crippen molar-refractivity contribution in [2.45, 2.75) is 34.1 Å². The highest BCUT2D eigenvalue weighted by Gasteiger charge is 2.25. The minimum absolute atomic E-state index is 0.325. The van der Waals surface area contributed by atoms with Gasteiger partial charge in [-0.3, -0.25) is 9.59 Å². The molecule has 0 saturated carbocycles. The van der Waals surface area contributed by atoms with Crippen molar-refractivity contribution in [1.29, 1.82) is 0 Å². The third-order valence-electron chi connectivity index (χ3n) is 3.39. The molecule has 118 valence electrons. The number of carbonyl (C=O) groups excluding carboxylic acids is 1. The Morgan fingerprint density at radius 3 is 2.59 bits per heavy atom. The molecule has 2 heterocycles. The molecule has 2 aromatic heterocycles. The first-order valence-electron chi connectivity index (χ1n) is 7.19. The molecule has 0 aliphatic heterocycles. The molecule has 7 nitrogen and oxygen atoms in total. The second-order valence-corrected chi connectivity index (χ2v) is 5.36. The summed E-state index contributed by atoms with van der Waals surface area (Å²) in [4.78, 5) is 29.5. The monoisotopic (exact) mass is 304 g/mol. The zero-order valence-electron chi connectivity index (χ0n) is 13.3. The van der Waals surface area contributed by atoms with Crippen LogP contribution in [0.4, 0.5) is 0 Å². The van der Waals surface area contributed by atoms with Gasteiger partial charge in [-0.05, 0) is 33.3 Å². The quantitative estimate of drug-likeness (QED) is 0.906. The lowest BCUT2D eigenvalue weighted by molar-refractivity contribution is -0.137. The maximum absolute atomic E-state index is 12.8. The normalized spacial score (nSPS) is 10.9. The third-order valence-corrected chi connectivity index (χ3v) is 3.39. The Kier molecular flexibility index (Phi) is 4.44. The van der Waals surface area contributed by atoms with E-state index in [9.17, 15) is 9.59 Å². The molecule has 1 N–H and O–H groups in total. The number of hydrogen-bond acceptors (Lipinski definition) is 4. The molecule has 0 radical (unpaired) electrons. The van der Waals surface area contributed by atoms with Gasteiger partial charge in [-0.2, -0.15) is 5.10 Å². The Balaban J connectivity index is 2.54. The van der Waals surface area contributed by atoms with Crippen molar-refractivity contribution in [3.8, 4) is 0 Å². The van der Waals surface area contributed by atoms with E-state index in [2.05, 4.69) is 10.1 Å². The minimum Gasteiger partial charge on any atom is -0.480 e. The van der Waals surface area contributed by atoms with Crippen molar-refractivity contribution >= 4 is 17.5 Å². The Bertz CT molecular complexity index is 736. The van der Waals surface area contributed by atoms with Crippen LogP contribution < -0.4 is 0 Å². The average Bonchev–Trinajstić information content (AvgIpc) is 2.73. The lowest BCUT2D eigenvalue weighted by Crippen LogP contribution is -2.36.